The molecule has 2 aromatic rings. The third-order valence-corrected chi connectivity index (χ3v) is 3.39. The van der Waals surface area contributed by atoms with E-state index in [9.17, 15) is 0 Å². The molecule has 22 heavy (non-hydrogen) atoms. The number of benzene rings is 2. The lowest BCUT2D eigenvalue weighted by Gasteiger charge is -2.27. The quantitative estimate of drug-likeness (QED) is 0.736. The highest BCUT2D eigenvalue weighted by molar-refractivity contribution is 5.49. The fraction of sp³-hybridized carbons (Fsp3) is 0.200. The van der Waals surface area contributed by atoms with Crippen molar-refractivity contribution in [1.29, 1.82) is 0 Å². The Morgan fingerprint density at radius 1 is 1.00 bits per heavy atom. The van der Waals surface area contributed by atoms with E-state index in [2.05, 4.69) is 32.6 Å². The summed E-state index contributed by atoms with van der Waals surface area (Å²) in [6.07, 6.45) is 5.33. The van der Waals surface area contributed by atoms with Gasteiger partial charge < -0.3 is 9.84 Å². The first kappa shape index (κ1) is 15.9. The lowest BCUT2D eigenvalue weighted by Crippen LogP contribution is -2.30. The van der Waals surface area contributed by atoms with Gasteiger partial charge >= 0.3 is 0 Å². The van der Waals surface area contributed by atoms with Crippen molar-refractivity contribution in [2.24, 2.45) is 0 Å². The van der Waals surface area contributed by atoms with E-state index in [1.165, 1.54) is 5.56 Å². The Labute approximate surface area is 132 Å². The van der Waals surface area contributed by atoms with Gasteiger partial charge in [-0.3, -0.25) is 0 Å². The van der Waals surface area contributed by atoms with Gasteiger partial charge in [0.2, 0.25) is 0 Å². The Morgan fingerprint density at radius 3 is 2.14 bits per heavy atom. The van der Waals surface area contributed by atoms with Gasteiger partial charge in [-0.15, -0.1) is 0 Å². The van der Waals surface area contributed by atoms with Crippen LogP contribution in [0.25, 0.3) is 12.2 Å². The van der Waals surface area contributed by atoms with Gasteiger partial charge in [0.1, 0.15) is 11.4 Å². The van der Waals surface area contributed by atoms with Crippen LogP contribution in [0, 0.1) is 0 Å². The summed E-state index contributed by atoms with van der Waals surface area (Å²) in [7, 11) is 0. The van der Waals surface area contributed by atoms with E-state index < -0.39 is 0 Å². The molecule has 0 radical (unpaired) electrons. The standard InChI is InChI=1S/C20H22O2/c1-4-16-9-11-19(12-10-16)22-20(2,3)15-18-7-5-17(6-8-18)13-14-21/h4-14,21H,1,15H2,2-3H3. The van der Waals surface area contributed by atoms with Crippen molar-refractivity contribution in [1.82, 2.24) is 0 Å². The van der Waals surface area contributed by atoms with Gasteiger partial charge in [0.25, 0.3) is 0 Å². The molecule has 2 heteroatoms. The number of hydrogen-bond acceptors (Lipinski definition) is 2. The molecule has 1 N–H and O–H groups in total. The fourth-order valence-corrected chi connectivity index (χ4v) is 2.35. The molecule has 2 rings (SSSR count). The average Bonchev–Trinajstić information content (AvgIpc) is 2.49. The highest BCUT2D eigenvalue weighted by Crippen LogP contribution is 2.23. The molecule has 2 nitrogen and oxygen atoms in total. The van der Waals surface area contributed by atoms with Crippen LogP contribution in [0.2, 0.25) is 0 Å². The van der Waals surface area contributed by atoms with Crippen molar-refractivity contribution in [3.63, 3.8) is 0 Å². The second kappa shape index (κ2) is 6.99. The zero-order valence-corrected chi connectivity index (χ0v) is 13.1. The Kier molecular flexibility index (Phi) is 5.05. The molecular weight excluding hydrogens is 272 g/mol. The minimum Gasteiger partial charge on any atom is -0.516 e. The topological polar surface area (TPSA) is 29.5 Å². The summed E-state index contributed by atoms with van der Waals surface area (Å²) >= 11 is 0. The zero-order valence-electron chi connectivity index (χ0n) is 13.1. The third kappa shape index (κ3) is 4.52. The molecule has 0 amide bonds. The average molecular weight is 294 g/mol. The third-order valence-electron chi connectivity index (χ3n) is 3.39. The lowest BCUT2D eigenvalue weighted by molar-refractivity contribution is 0.110. The monoisotopic (exact) mass is 294 g/mol. The van der Waals surface area contributed by atoms with Crippen LogP contribution in [0.3, 0.4) is 0 Å². The molecule has 0 saturated heterocycles. The number of aliphatic hydroxyl groups is 1. The molecule has 0 aliphatic rings. The zero-order chi connectivity index (χ0) is 16.0. The summed E-state index contributed by atoms with van der Waals surface area (Å²) in [6, 6.07) is 16.0. The Hall–Kier alpha value is -2.48. The molecular formula is C20H22O2. The smallest absolute Gasteiger partial charge is 0.120 e. The van der Waals surface area contributed by atoms with Crippen LogP contribution in [-0.4, -0.2) is 10.7 Å². The van der Waals surface area contributed by atoms with Gasteiger partial charge in [-0.05, 0) is 48.7 Å². The Bertz CT molecular complexity index is 634. The number of hydrogen-bond donors (Lipinski definition) is 1. The maximum Gasteiger partial charge on any atom is 0.120 e. The van der Waals surface area contributed by atoms with Crippen molar-refractivity contribution in [2.75, 3.05) is 0 Å². The first-order chi connectivity index (χ1) is 10.5. The van der Waals surface area contributed by atoms with Crippen LogP contribution in [0.1, 0.15) is 30.5 Å². The van der Waals surface area contributed by atoms with Gasteiger partial charge in [-0.25, -0.2) is 0 Å². The van der Waals surface area contributed by atoms with Gasteiger partial charge in [0.05, 0.1) is 6.26 Å². The molecule has 0 unspecified atom stereocenters. The van der Waals surface area contributed by atoms with E-state index in [0.717, 1.165) is 29.6 Å². The molecule has 0 aliphatic heterocycles. The molecule has 0 aliphatic carbocycles. The predicted octanol–water partition coefficient (Wildman–Crippen LogP) is 5.26. The van der Waals surface area contributed by atoms with Crippen LogP contribution < -0.4 is 4.74 Å². The maximum atomic E-state index is 8.77. The van der Waals surface area contributed by atoms with E-state index in [1.807, 2.05) is 42.5 Å². The van der Waals surface area contributed by atoms with Gasteiger partial charge in [-0.2, -0.15) is 0 Å². The largest absolute Gasteiger partial charge is 0.516 e. The highest BCUT2D eigenvalue weighted by Gasteiger charge is 2.20. The van der Waals surface area contributed by atoms with Crippen molar-refractivity contribution in [3.05, 3.63) is 78.1 Å². The molecule has 0 aromatic heterocycles. The molecule has 0 saturated carbocycles. The molecule has 0 spiro atoms. The first-order valence-corrected chi connectivity index (χ1v) is 7.34. The second-order valence-corrected chi connectivity index (χ2v) is 5.87. The predicted molar refractivity (Wildman–Crippen MR) is 93.0 cm³/mol. The van der Waals surface area contributed by atoms with Crippen molar-refractivity contribution >= 4 is 12.2 Å². The van der Waals surface area contributed by atoms with Crippen LogP contribution in [0.4, 0.5) is 0 Å². The van der Waals surface area contributed by atoms with E-state index in [-0.39, 0.29) is 5.60 Å². The summed E-state index contributed by atoms with van der Waals surface area (Å²) < 4.78 is 6.09. The molecule has 2 aromatic carbocycles. The maximum absolute atomic E-state index is 8.77. The highest BCUT2D eigenvalue weighted by atomic mass is 16.5. The van der Waals surface area contributed by atoms with E-state index in [0.29, 0.717) is 0 Å². The minimum absolute atomic E-state index is 0.302. The first-order valence-electron chi connectivity index (χ1n) is 7.34. The van der Waals surface area contributed by atoms with Gasteiger partial charge in [-0.1, -0.05) is 49.1 Å². The van der Waals surface area contributed by atoms with Gasteiger partial charge in [0, 0.05) is 6.42 Å². The molecule has 0 heterocycles. The molecule has 114 valence electrons. The Morgan fingerprint density at radius 2 is 1.59 bits per heavy atom. The van der Waals surface area contributed by atoms with Crippen LogP contribution in [-0.2, 0) is 6.42 Å². The summed E-state index contributed by atoms with van der Waals surface area (Å²) in [4.78, 5) is 0. The summed E-state index contributed by atoms with van der Waals surface area (Å²) in [5.74, 6) is 0.857. The number of rotatable bonds is 6. The van der Waals surface area contributed by atoms with E-state index in [1.54, 1.807) is 6.08 Å². The second-order valence-electron chi connectivity index (χ2n) is 5.87. The van der Waals surface area contributed by atoms with Crippen molar-refractivity contribution in [2.45, 2.75) is 25.9 Å². The van der Waals surface area contributed by atoms with Crippen LogP contribution >= 0.6 is 0 Å². The molecule has 0 atom stereocenters. The summed E-state index contributed by atoms with van der Waals surface area (Å²) in [5.41, 5.74) is 2.95. The Balaban J connectivity index is 2.04. The van der Waals surface area contributed by atoms with E-state index >= 15 is 0 Å². The van der Waals surface area contributed by atoms with Gasteiger partial charge in [0.15, 0.2) is 0 Å². The molecule has 0 fully saturated rings. The number of aliphatic hydroxyl groups excluding tert-OH is 1. The summed E-state index contributed by atoms with van der Waals surface area (Å²) in [6.45, 7) is 7.91. The van der Waals surface area contributed by atoms with E-state index in [4.69, 9.17) is 9.84 Å². The number of ether oxygens (including phenoxy) is 1. The van der Waals surface area contributed by atoms with Crippen LogP contribution in [0.5, 0.6) is 5.75 Å². The normalized spacial score (nSPS) is 11.5. The fourth-order valence-electron chi connectivity index (χ4n) is 2.35. The summed E-state index contributed by atoms with van der Waals surface area (Å²) in [5, 5.41) is 8.77. The minimum atomic E-state index is -0.302. The van der Waals surface area contributed by atoms with Crippen LogP contribution in [0.15, 0.2) is 61.4 Å². The van der Waals surface area contributed by atoms with Crippen molar-refractivity contribution < 1.29 is 9.84 Å². The molecule has 0 bridgehead atoms. The lowest BCUT2D eigenvalue weighted by atomic mass is 9.97. The SMILES string of the molecule is C=Cc1ccc(OC(C)(C)Cc2ccc(C=CO)cc2)cc1. The van der Waals surface area contributed by atoms with Crippen molar-refractivity contribution in [3.8, 4) is 5.75 Å².